The first-order chi connectivity index (χ1) is 24.8. The average Bonchev–Trinajstić information content (AvgIpc) is 3.64. The Labute approximate surface area is 292 Å². The fraction of sp³-hybridized carbons (Fsp3) is 0. The second-order valence-electron chi connectivity index (χ2n) is 12.6. The average molecular weight is 640 g/mol. The van der Waals surface area contributed by atoms with Gasteiger partial charge in [0, 0.05) is 22.3 Å². The molecule has 9 rings (SSSR count). The van der Waals surface area contributed by atoms with Crippen LogP contribution in [0.15, 0.2) is 205 Å². The smallest absolute Gasteiger partial charge is 0.137 e. The molecule has 0 saturated carbocycles. The molecule has 0 spiro atoms. The van der Waals surface area contributed by atoms with Crippen LogP contribution >= 0.6 is 0 Å². The lowest BCUT2D eigenvalue weighted by Gasteiger charge is -2.27. The van der Waals surface area contributed by atoms with Gasteiger partial charge < -0.3 is 9.32 Å². The van der Waals surface area contributed by atoms with Crippen LogP contribution in [0.25, 0.3) is 66.4 Å². The summed E-state index contributed by atoms with van der Waals surface area (Å²) in [6, 6.07) is 71.1. The molecule has 0 fully saturated rings. The summed E-state index contributed by atoms with van der Waals surface area (Å²) < 4.78 is 6.42. The van der Waals surface area contributed by atoms with Gasteiger partial charge in [0.15, 0.2) is 0 Å². The molecule has 50 heavy (non-hydrogen) atoms. The fourth-order valence-electron chi connectivity index (χ4n) is 6.88. The van der Waals surface area contributed by atoms with E-state index in [1.54, 1.807) is 0 Å². The van der Waals surface area contributed by atoms with Crippen LogP contribution in [0.4, 0.5) is 17.1 Å². The van der Waals surface area contributed by atoms with Crippen LogP contribution in [0.5, 0.6) is 0 Å². The van der Waals surface area contributed by atoms with Crippen molar-refractivity contribution in [3.8, 4) is 44.7 Å². The minimum atomic E-state index is 0.842. The highest BCUT2D eigenvalue weighted by Gasteiger charge is 2.19. The third kappa shape index (κ3) is 5.63. The molecule has 0 aliphatic carbocycles. The number of fused-ring (bicyclic) bond motifs is 2. The van der Waals surface area contributed by atoms with Crippen molar-refractivity contribution in [2.75, 3.05) is 4.90 Å². The summed E-state index contributed by atoms with van der Waals surface area (Å²) in [7, 11) is 0. The zero-order valence-electron chi connectivity index (χ0n) is 27.4. The van der Waals surface area contributed by atoms with Crippen molar-refractivity contribution < 1.29 is 4.42 Å². The largest absolute Gasteiger partial charge is 0.456 e. The first kappa shape index (κ1) is 29.5. The van der Waals surface area contributed by atoms with Crippen molar-refractivity contribution in [2.45, 2.75) is 0 Å². The van der Waals surface area contributed by atoms with Gasteiger partial charge in [-0.1, -0.05) is 146 Å². The molecule has 0 unspecified atom stereocenters. The van der Waals surface area contributed by atoms with Crippen LogP contribution in [0.2, 0.25) is 0 Å². The molecule has 1 heterocycles. The second kappa shape index (κ2) is 12.8. The Morgan fingerprint density at radius 2 is 0.800 bits per heavy atom. The Kier molecular flexibility index (Phi) is 7.53. The van der Waals surface area contributed by atoms with Crippen molar-refractivity contribution in [3.63, 3.8) is 0 Å². The minimum Gasteiger partial charge on any atom is -0.456 e. The van der Waals surface area contributed by atoms with E-state index in [4.69, 9.17) is 4.42 Å². The molecule has 0 radical (unpaired) electrons. The van der Waals surface area contributed by atoms with Gasteiger partial charge in [0.05, 0.1) is 5.69 Å². The molecule has 0 atom stereocenters. The third-order valence-electron chi connectivity index (χ3n) is 9.50. The number of para-hydroxylation sites is 2. The van der Waals surface area contributed by atoms with Crippen LogP contribution in [0.1, 0.15) is 0 Å². The van der Waals surface area contributed by atoms with Gasteiger partial charge in [-0.25, -0.2) is 0 Å². The van der Waals surface area contributed by atoms with Gasteiger partial charge in [-0.2, -0.15) is 0 Å². The van der Waals surface area contributed by atoms with Gasteiger partial charge in [-0.15, -0.1) is 0 Å². The highest BCUT2D eigenvalue weighted by atomic mass is 16.3. The van der Waals surface area contributed by atoms with Crippen LogP contribution in [0.3, 0.4) is 0 Å². The standard InChI is InChI=1S/C48H33NO/c1-2-10-34(11-3-1)36-18-20-37(21-19-36)38-24-28-43(29-25-38)49(46-16-8-7-15-45(46)48-33-42-14-6-9-17-47(42)50-48)44-30-26-39(27-31-44)41-23-22-35-12-4-5-13-40(35)32-41/h1-33H. The summed E-state index contributed by atoms with van der Waals surface area (Å²) in [6.45, 7) is 0. The lowest BCUT2D eigenvalue weighted by molar-refractivity contribution is 0.631. The van der Waals surface area contributed by atoms with E-state index in [0.29, 0.717) is 0 Å². The Morgan fingerprint density at radius 1 is 0.320 bits per heavy atom. The highest BCUT2D eigenvalue weighted by Crippen LogP contribution is 2.43. The van der Waals surface area contributed by atoms with Gasteiger partial charge in [0.25, 0.3) is 0 Å². The van der Waals surface area contributed by atoms with Gasteiger partial charge in [-0.05, 0) is 98.8 Å². The molecule has 0 bridgehead atoms. The predicted octanol–water partition coefficient (Wildman–Crippen LogP) is 13.7. The predicted molar refractivity (Wildman–Crippen MR) is 210 cm³/mol. The Balaban J connectivity index is 1.11. The molecule has 1 aromatic heterocycles. The Hall–Kier alpha value is -6.64. The van der Waals surface area contributed by atoms with E-state index in [2.05, 4.69) is 187 Å². The molecule has 2 heteroatoms. The van der Waals surface area contributed by atoms with Crippen molar-refractivity contribution in [1.82, 2.24) is 0 Å². The monoisotopic (exact) mass is 639 g/mol. The van der Waals surface area contributed by atoms with Crippen LogP contribution in [-0.4, -0.2) is 0 Å². The van der Waals surface area contributed by atoms with E-state index in [1.165, 1.54) is 44.2 Å². The number of hydrogen-bond donors (Lipinski definition) is 0. The van der Waals surface area contributed by atoms with E-state index in [9.17, 15) is 0 Å². The van der Waals surface area contributed by atoms with Crippen LogP contribution < -0.4 is 4.90 Å². The molecule has 2 nitrogen and oxygen atoms in total. The van der Waals surface area contributed by atoms with Crippen molar-refractivity contribution in [2.24, 2.45) is 0 Å². The summed E-state index contributed by atoms with van der Waals surface area (Å²) in [5.74, 6) is 0.842. The Morgan fingerprint density at radius 3 is 1.46 bits per heavy atom. The maximum Gasteiger partial charge on any atom is 0.137 e. The molecule has 0 N–H and O–H groups in total. The molecule has 9 aromatic rings. The first-order valence-electron chi connectivity index (χ1n) is 17.0. The molecular formula is C48H33NO. The third-order valence-corrected chi connectivity index (χ3v) is 9.50. The quantitative estimate of drug-likeness (QED) is 0.173. The normalized spacial score (nSPS) is 11.2. The van der Waals surface area contributed by atoms with Crippen molar-refractivity contribution in [1.29, 1.82) is 0 Å². The van der Waals surface area contributed by atoms with Crippen LogP contribution in [0, 0.1) is 0 Å². The van der Waals surface area contributed by atoms with E-state index in [1.807, 2.05) is 18.2 Å². The first-order valence-corrected chi connectivity index (χ1v) is 17.0. The van der Waals surface area contributed by atoms with E-state index >= 15 is 0 Å². The number of nitrogens with zero attached hydrogens (tertiary/aromatic N) is 1. The van der Waals surface area contributed by atoms with Gasteiger partial charge in [0.1, 0.15) is 11.3 Å². The van der Waals surface area contributed by atoms with E-state index in [0.717, 1.165) is 39.4 Å². The van der Waals surface area contributed by atoms with Crippen LogP contribution in [-0.2, 0) is 0 Å². The molecule has 0 aliphatic rings. The zero-order chi connectivity index (χ0) is 33.3. The second-order valence-corrected chi connectivity index (χ2v) is 12.6. The summed E-state index contributed by atoms with van der Waals surface area (Å²) in [6.07, 6.45) is 0. The van der Waals surface area contributed by atoms with Gasteiger partial charge in [0.2, 0.25) is 0 Å². The Bertz CT molecular complexity index is 2530. The summed E-state index contributed by atoms with van der Waals surface area (Å²) in [5.41, 5.74) is 12.3. The van der Waals surface area contributed by atoms with Crippen molar-refractivity contribution in [3.05, 3.63) is 200 Å². The van der Waals surface area contributed by atoms with E-state index < -0.39 is 0 Å². The number of anilines is 3. The lowest BCUT2D eigenvalue weighted by Crippen LogP contribution is -2.11. The SMILES string of the molecule is c1ccc(-c2ccc(-c3ccc(N(c4ccc(-c5ccc6ccccc6c5)cc4)c4ccccc4-c4cc5ccccc5o4)cc3)cc2)cc1. The maximum atomic E-state index is 6.42. The highest BCUT2D eigenvalue weighted by molar-refractivity contribution is 5.92. The molecule has 8 aromatic carbocycles. The van der Waals surface area contributed by atoms with Crippen molar-refractivity contribution >= 4 is 38.8 Å². The summed E-state index contributed by atoms with van der Waals surface area (Å²) in [5, 5.41) is 3.58. The number of furan rings is 1. The molecule has 236 valence electrons. The zero-order valence-corrected chi connectivity index (χ0v) is 27.4. The fourth-order valence-corrected chi connectivity index (χ4v) is 6.88. The molecular weight excluding hydrogens is 607 g/mol. The maximum absolute atomic E-state index is 6.42. The number of hydrogen-bond acceptors (Lipinski definition) is 2. The molecule has 0 saturated heterocycles. The van der Waals surface area contributed by atoms with E-state index in [-0.39, 0.29) is 0 Å². The summed E-state index contributed by atoms with van der Waals surface area (Å²) in [4.78, 5) is 2.33. The lowest BCUT2D eigenvalue weighted by atomic mass is 9.99. The minimum absolute atomic E-state index is 0.842. The number of rotatable bonds is 7. The van der Waals surface area contributed by atoms with Gasteiger partial charge in [-0.3, -0.25) is 0 Å². The molecule has 0 amide bonds. The number of benzene rings is 8. The van der Waals surface area contributed by atoms with Gasteiger partial charge >= 0.3 is 0 Å². The molecule has 0 aliphatic heterocycles. The topological polar surface area (TPSA) is 16.4 Å². The summed E-state index contributed by atoms with van der Waals surface area (Å²) >= 11 is 0.